The van der Waals surface area contributed by atoms with Crippen LogP contribution in [0.1, 0.15) is 43.9 Å². The molecule has 1 aromatic carbocycles. The van der Waals surface area contributed by atoms with Crippen molar-refractivity contribution in [3.63, 3.8) is 0 Å². The van der Waals surface area contributed by atoms with Crippen molar-refractivity contribution in [3.05, 3.63) is 46.5 Å². The van der Waals surface area contributed by atoms with Crippen molar-refractivity contribution < 1.29 is 19.1 Å². The molecule has 2 aromatic rings. The fourth-order valence-electron chi connectivity index (χ4n) is 3.04. The van der Waals surface area contributed by atoms with E-state index in [2.05, 4.69) is 10.3 Å². The molecule has 0 spiro atoms. The second-order valence-electron chi connectivity index (χ2n) is 5.91. The number of rotatable bonds is 4. The minimum atomic E-state index is -0.376. The van der Waals surface area contributed by atoms with Gasteiger partial charge in [-0.2, -0.15) is 0 Å². The summed E-state index contributed by atoms with van der Waals surface area (Å²) in [4.78, 5) is 42.6. The summed E-state index contributed by atoms with van der Waals surface area (Å²) < 4.78 is 5.52. The molecule has 8 heteroatoms. The lowest BCUT2D eigenvalue weighted by Gasteiger charge is -2.17. The van der Waals surface area contributed by atoms with Gasteiger partial charge in [0.05, 0.1) is 23.8 Å². The smallest absolute Gasteiger partial charge is 0.261 e. The number of anilines is 1. The van der Waals surface area contributed by atoms with Crippen LogP contribution < -0.4 is 5.32 Å². The highest BCUT2D eigenvalue weighted by atomic mass is 32.1. The van der Waals surface area contributed by atoms with Gasteiger partial charge in [-0.05, 0) is 31.0 Å². The van der Waals surface area contributed by atoms with Crippen LogP contribution in [0.3, 0.4) is 0 Å². The number of nitrogens with zero attached hydrogens (tertiary/aromatic N) is 2. The lowest BCUT2D eigenvalue weighted by Crippen LogP contribution is -2.36. The molecule has 0 radical (unpaired) electrons. The Hall–Kier alpha value is -2.58. The maximum Gasteiger partial charge on any atom is 0.261 e. The van der Waals surface area contributed by atoms with Gasteiger partial charge in [0, 0.05) is 23.7 Å². The number of carbonyl (C=O) groups is 3. The van der Waals surface area contributed by atoms with Crippen LogP contribution in [0.4, 0.5) is 5.13 Å². The van der Waals surface area contributed by atoms with Gasteiger partial charge < -0.3 is 4.74 Å². The lowest BCUT2D eigenvalue weighted by atomic mass is 10.1. The first-order valence-corrected chi connectivity index (χ1v) is 8.84. The van der Waals surface area contributed by atoms with E-state index in [1.807, 2.05) is 0 Å². The van der Waals surface area contributed by atoms with Crippen molar-refractivity contribution >= 4 is 34.2 Å². The molecule has 3 amide bonds. The van der Waals surface area contributed by atoms with Gasteiger partial charge in [-0.1, -0.05) is 0 Å². The number of fused-ring (bicyclic) bond motifs is 1. The average Bonchev–Trinajstić information content (AvgIpc) is 3.35. The molecule has 0 saturated carbocycles. The van der Waals surface area contributed by atoms with Crippen molar-refractivity contribution in [1.82, 2.24) is 9.88 Å². The molecule has 1 fully saturated rings. The minimum absolute atomic E-state index is 0.102. The van der Waals surface area contributed by atoms with Gasteiger partial charge in [0.2, 0.25) is 0 Å². The SMILES string of the molecule is O=C(Nc1nccs1)c1ccc2c(c1)C(=O)N(CC1CCCO1)C2=O. The van der Waals surface area contributed by atoms with Crippen LogP contribution >= 0.6 is 11.3 Å². The molecular weight excluding hydrogens is 342 g/mol. The summed E-state index contributed by atoms with van der Waals surface area (Å²) in [7, 11) is 0. The zero-order chi connectivity index (χ0) is 17.4. The van der Waals surface area contributed by atoms with E-state index >= 15 is 0 Å². The van der Waals surface area contributed by atoms with E-state index in [0.29, 0.717) is 22.9 Å². The van der Waals surface area contributed by atoms with E-state index in [1.54, 1.807) is 17.6 Å². The Morgan fingerprint density at radius 1 is 1.32 bits per heavy atom. The number of nitrogens with one attached hydrogen (secondary N) is 1. The van der Waals surface area contributed by atoms with Crippen molar-refractivity contribution in [1.29, 1.82) is 0 Å². The monoisotopic (exact) mass is 357 g/mol. The van der Waals surface area contributed by atoms with Gasteiger partial charge in [-0.25, -0.2) is 4.98 Å². The molecule has 128 valence electrons. The predicted octanol–water partition coefficient (Wildman–Crippen LogP) is 2.17. The van der Waals surface area contributed by atoms with Crippen LogP contribution in [0.2, 0.25) is 0 Å². The number of benzene rings is 1. The van der Waals surface area contributed by atoms with Gasteiger partial charge in [0.15, 0.2) is 5.13 Å². The topological polar surface area (TPSA) is 88.6 Å². The number of thiazole rings is 1. The molecular formula is C17H15N3O4S. The highest BCUT2D eigenvalue weighted by Gasteiger charge is 2.37. The highest BCUT2D eigenvalue weighted by molar-refractivity contribution is 7.13. The molecule has 4 rings (SSSR count). The molecule has 1 saturated heterocycles. The number of aromatic nitrogens is 1. The van der Waals surface area contributed by atoms with Crippen LogP contribution in [0.25, 0.3) is 0 Å². The molecule has 1 atom stereocenters. The van der Waals surface area contributed by atoms with Crippen molar-refractivity contribution in [2.45, 2.75) is 18.9 Å². The fraction of sp³-hybridized carbons (Fsp3) is 0.294. The summed E-state index contributed by atoms with van der Waals surface area (Å²) >= 11 is 1.30. The van der Waals surface area contributed by atoms with E-state index in [9.17, 15) is 14.4 Å². The van der Waals surface area contributed by atoms with Gasteiger partial charge in [0.1, 0.15) is 0 Å². The Bertz CT molecular complexity index is 844. The maximum absolute atomic E-state index is 12.6. The minimum Gasteiger partial charge on any atom is -0.376 e. The van der Waals surface area contributed by atoms with Crippen LogP contribution in [0.15, 0.2) is 29.8 Å². The van der Waals surface area contributed by atoms with Gasteiger partial charge in [-0.3, -0.25) is 24.6 Å². The number of hydrogen-bond donors (Lipinski definition) is 1. The van der Waals surface area contributed by atoms with Gasteiger partial charge in [0.25, 0.3) is 17.7 Å². The zero-order valence-electron chi connectivity index (χ0n) is 13.2. The summed E-state index contributed by atoms with van der Waals surface area (Å²) in [5, 5.41) is 4.90. The lowest BCUT2D eigenvalue weighted by molar-refractivity contribution is 0.0475. The molecule has 0 aliphatic carbocycles. The van der Waals surface area contributed by atoms with E-state index in [1.165, 1.54) is 28.4 Å². The fourth-order valence-corrected chi connectivity index (χ4v) is 3.57. The molecule has 7 nitrogen and oxygen atoms in total. The first-order chi connectivity index (χ1) is 12.1. The zero-order valence-corrected chi connectivity index (χ0v) is 14.0. The number of imide groups is 1. The average molecular weight is 357 g/mol. The molecule has 1 N–H and O–H groups in total. The summed E-state index contributed by atoms with van der Waals surface area (Å²) in [6, 6.07) is 4.54. The molecule has 0 bridgehead atoms. The molecule has 2 aliphatic rings. The Morgan fingerprint density at radius 2 is 2.16 bits per heavy atom. The molecule has 2 aliphatic heterocycles. The summed E-state index contributed by atoms with van der Waals surface area (Å²) in [6.45, 7) is 0.919. The van der Waals surface area contributed by atoms with E-state index < -0.39 is 0 Å². The highest BCUT2D eigenvalue weighted by Crippen LogP contribution is 2.26. The Kier molecular flexibility index (Phi) is 4.06. The van der Waals surface area contributed by atoms with Gasteiger partial charge in [-0.15, -0.1) is 11.3 Å². The first kappa shape index (κ1) is 15.9. The summed E-state index contributed by atoms with van der Waals surface area (Å²) in [5.41, 5.74) is 0.901. The molecule has 25 heavy (non-hydrogen) atoms. The standard InChI is InChI=1S/C17H15N3O4S/c21-14(19-17-18-5-7-25-17)10-3-4-12-13(8-10)16(23)20(15(12)22)9-11-2-1-6-24-11/h3-5,7-8,11H,1-2,6,9H2,(H,18,19,21). The van der Waals surface area contributed by atoms with Crippen LogP contribution in [0, 0.1) is 0 Å². The van der Waals surface area contributed by atoms with Crippen molar-refractivity contribution in [3.8, 4) is 0 Å². The normalized spacial score (nSPS) is 19.4. The van der Waals surface area contributed by atoms with Crippen molar-refractivity contribution in [2.75, 3.05) is 18.5 Å². The van der Waals surface area contributed by atoms with Crippen LogP contribution in [-0.2, 0) is 4.74 Å². The van der Waals surface area contributed by atoms with Crippen LogP contribution in [-0.4, -0.2) is 46.9 Å². The van der Waals surface area contributed by atoms with E-state index in [-0.39, 0.29) is 35.9 Å². The summed E-state index contributed by atoms with van der Waals surface area (Å²) in [6.07, 6.45) is 3.27. The molecule has 1 unspecified atom stereocenters. The number of carbonyl (C=O) groups excluding carboxylic acids is 3. The number of amides is 3. The molecule has 3 heterocycles. The third-order valence-corrected chi connectivity index (χ3v) is 4.98. The Morgan fingerprint density at radius 3 is 2.88 bits per heavy atom. The Labute approximate surface area is 147 Å². The third kappa shape index (κ3) is 2.94. The van der Waals surface area contributed by atoms with Crippen LogP contribution in [0.5, 0.6) is 0 Å². The second kappa shape index (κ2) is 6.38. The second-order valence-corrected chi connectivity index (χ2v) is 6.80. The summed E-state index contributed by atoms with van der Waals surface area (Å²) in [5.74, 6) is -1.07. The predicted molar refractivity (Wildman–Crippen MR) is 90.9 cm³/mol. The van der Waals surface area contributed by atoms with E-state index in [0.717, 1.165) is 12.8 Å². The largest absolute Gasteiger partial charge is 0.376 e. The third-order valence-electron chi connectivity index (χ3n) is 4.30. The first-order valence-electron chi connectivity index (χ1n) is 7.96. The number of ether oxygens (including phenoxy) is 1. The maximum atomic E-state index is 12.6. The van der Waals surface area contributed by atoms with Crippen molar-refractivity contribution in [2.24, 2.45) is 0 Å². The number of hydrogen-bond acceptors (Lipinski definition) is 6. The molecule has 1 aromatic heterocycles. The Balaban J connectivity index is 1.55. The van der Waals surface area contributed by atoms with E-state index in [4.69, 9.17) is 4.74 Å². The quantitative estimate of drug-likeness (QED) is 0.847. The van der Waals surface area contributed by atoms with Gasteiger partial charge >= 0.3 is 0 Å².